The molecule has 0 amide bonds. The van der Waals surface area contributed by atoms with Crippen LogP contribution in [-0.2, 0) is 6.42 Å². The van der Waals surface area contributed by atoms with Gasteiger partial charge in [0.1, 0.15) is 11.5 Å². The number of oxime groups is 1. The fourth-order valence-corrected chi connectivity index (χ4v) is 1.92. The summed E-state index contributed by atoms with van der Waals surface area (Å²) in [6.07, 6.45) is -0.00949. The van der Waals surface area contributed by atoms with Crippen molar-refractivity contribution in [3.8, 4) is 0 Å². The van der Waals surface area contributed by atoms with Crippen LogP contribution >= 0.6 is 15.9 Å². The third-order valence-electron chi connectivity index (χ3n) is 2.39. The molecular formula is C10H6BrFN4O4. The van der Waals surface area contributed by atoms with Gasteiger partial charge in [-0.1, -0.05) is 11.2 Å². The van der Waals surface area contributed by atoms with E-state index in [2.05, 4.69) is 36.0 Å². The van der Waals surface area contributed by atoms with Crippen LogP contribution < -0.4 is 0 Å². The van der Waals surface area contributed by atoms with E-state index < -0.39 is 16.6 Å². The molecule has 1 N–H and O–H groups in total. The highest BCUT2D eigenvalue weighted by molar-refractivity contribution is 9.10. The van der Waals surface area contributed by atoms with Crippen LogP contribution in [0.15, 0.2) is 32.5 Å². The van der Waals surface area contributed by atoms with Crippen LogP contribution in [0.1, 0.15) is 11.3 Å². The molecule has 2 rings (SSSR count). The zero-order valence-electron chi connectivity index (χ0n) is 9.66. The smallest absolute Gasteiger partial charge is 0.411 e. The lowest BCUT2D eigenvalue weighted by Gasteiger charge is -2.02. The third-order valence-corrected chi connectivity index (χ3v) is 3.00. The summed E-state index contributed by atoms with van der Waals surface area (Å²) in [6.45, 7) is 0. The number of hydrogen-bond acceptors (Lipinski definition) is 7. The highest BCUT2D eigenvalue weighted by Gasteiger charge is 2.27. The molecule has 1 heterocycles. The van der Waals surface area contributed by atoms with Crippen molar-refractivity contribution in [1.29, 1.82) is 0 Å². The Morgan fingerprint density at radius 2 is 2.30 bits per heavy atom. The highest BCUT2D eigenvalue weighted by atomic mass is 79.9. The first-order valence-electron chi connectivity index (χ1n) is 5.15. The lowest BCUT2D eigenvalue weighted by Crippen LogP contribution is -2.09. The molecule has 0 bridgehead atoms. The van der Waals surface area contributed by atoms with Crippen LogP contribution in [0, 0.1) is 15.9 Å². The van der Waals surface area contributed by atoms with Crippen molar-refractivity contribution in [2.24, 2.45) is 5.16 Å². The van der Waals surface area contributed by atoms with Gasteiger partial charge in [0.2, 0.25) is 5.69 Å². The van der Waals surface area contributed by atoms with Crippen LogP contribution in [0.2, 0.25) is 0 Å². The molecule has 0 saturated heterocycles. The minimum absolute atomic E-state index is 0.00949. The lowest BCUT2D eigenvalue weighted by atomic mass is 10.1. The normalized spacial score (nSPS) is 11.6. The average Bonchev–Trinajstić information content (AvgIpc) is 2.89. The van der Waals surface area contributed by atoms with E-state index in [4.69, 9.17) is 5.21 Å². The first-order valence-corrected chi connectivity index (χ1v) is 5.94. The zero-order chi connectivity index (χ0) is 14.7. The molecule has 10 heteroatoms. The summed E-state index contributed by atoms with van der Waals surface area (Å²) >= 11 is 3.01. The van der Waals surface area contributed by atoms with Crippen molar-refractivity contribution >= 4 is 27.5 Å². The summed E-state index contributed by atoms with van der Waals surface area (Å²) in [5, 5.41) is 29.1. The summed E-state index contributed by atoms with van der Waals surface area (Å²) in [4.78, 5) is 9.90. The molecule has 0 aliphatic heterocycles. The Kier molecular flexibility index (Phi) is 4.03. The van der Waals surface area contributed by atoms with E-state index in [1.807, 2.05) is 0 Å². The van der Waals surface area contributed by atoms with Crippen molar-refractivity contribution < 1.29 is 19.2 Å². The van der Waals surface area contributed by atoms with Gasteiger partial charge in [-0.05, 0) is 43.7 Å². The van der Waals surface area contributed by atoms with E-state index >= 15 is 0 Å². The number of nitro groups is 1. The standard InChI is InChI=1S/C10H6BrFN4O4/c11-6-3-5(1-2-7(6)12)4-8(13-17)9-10(16(18)19)15-20-14-9/h1-3,17H,4H2/b13-8+. The van der Waals surface area contributed by atoms with Crippen LogP contribution in [-0.4, -0.2) is 26.2 Å². The molecule has 0 aliphatic rings. The molecule has 8 nitrogen and oxygen atoms in total. The Hall–Kier alpha value is -2.36. The van der Waals surface area contributed by atoms with Crippen molar-refractivity contribution in [3.63, 3.8) is 0 Å². The van der Waals surface area contributed by atoms with Gasteiger partial charge in [0.25, 0.3) is 0 Å². The van der Waals surface area contributed by atoms with Crippen LogP contribution in [0.5, 0.6) is 0 Å². The summed E-state index contributed by atoms with van der Waals surface area (Å²) in [6, 6.07) is 4.12. The fourth-order valence-electron chi connectivity index (χ4n) is 1.49. The van der Waals surface area contributed by atoms with E-state index in [0.717, 1.165) is 0 Å². The first-order chi connectivity index (χ1) is 9.52. The van der Waals surface area contributed by atoms with Gasteiger partial charge in [0, 0.05) is 6.42 Å². The molecular weight excluding hydrogens is 339 g/mol. The van der Waals surface area contributed by atoms with Crippen molar-refractivity contribution in [2.45, 2.75) is 6.42 Å². The van der Waals surface area contributed by atoms with Gasteiger partial charge in [-0.15, -0.1) is 4.63 Å². The molecule has 20 heavy (non-hydrogen) atoms. The molecule has 1 aromatic carbocycles. The third kappa shape index (κ3) is 2.79. The first kappa shape index (κ1) is 14.1. The summed E-state index contributed by atoms with van der Waals surface area (Å²) < 4.78 is 17.6. The second kappa shape index (κ2) is 5.74. The van der Waals surface area contributed by atoms with E-state index in [0.29, 0.717) is 5.56 Å². The highest BCUT2D eigenvalue weighted by Crippen LogP contribution is 2.20. The Morgan fingerprint density at radius 3 is 2.90 bits per heavy atom. The lowest BCUT2D eigenvalue weighted by molar-refractivity contribution is -0.391. The fraction of sp³-hybridized carbons (Fsp3) is 0.100. The van der Waals surface area contributed by atoms with Crippen molar-refractivity contribution in [1.82, 2.24) is 10.3 Å². The predicted octanol–water partition coefficient (Wildman–Crippen LogP) is 2.30. The topological polar surface area (TPSA) is 115 Å². The Labute approximate surface area is 119 Å². The maximum atomic E-state index is 13.1. The minimum Gasteiger partial charge on any atom is -0.411 e. The van der Waals surface area contributed by atoms with Gasteiger partial charge in [-0.2, -0.15) is 0 Å². The van der Waals surface area contributed by atoms with Crippen molar-refractivity contribution in [3.05, 3.63) is 49.9 Å². The average molecular weight is 345 g/mol. The molecule has 0 spiro atoms. The second-order valence-electron chi connectivity index (χ2n) is 3.67. The maximum Gasteiger partial charge on any atom is 0.444 e. The van der Waals surface area contributed by atoms with E-state index in [9.17, 15) is 14.5 Å². The largest absolute Gasteiger partial charge is 0.444 e. The molecule has 0 saturated carbocycles. The molecule has 1 aromatic heterocycles. The number of benzene rings is 1. The predicted molar refractivity (Wildman–Crippen MR) is 67.1 cm³/mol. The number of rotatable bonds is 4. The van der Waals surface area contributed by atoms with Crippen LogP contribution in [0.25, 0.3) is 0 Å². The Balaban J connectivity index is 2.32. The molecule has 0 atom stereocenters. The number of nitrogens with zero attached hydrogens (tertiary/aromatic N) is 4. The second-order valence-corrected chi connectivity index (χ2v) is 4.52. The van der Waals surface area contributed by atoms with E-state index in [-0.39, 0.29) is 22.3 Å². The Morgan fingerprint density at radius 1 is 1.55 bits per heavy atom. The summed E-state index contributed by atoms with van der Waals surface area (Å²) in [5.41, 5.74) is 0.165. The van der Waals surface area contributed by atoms with Gasteiger partial charge in [0.05, 0.1) is 4.47 Å². The number of hydrogen-bond donors (Lipinski definition) is 1. The molecule has 104 valence electrons. The van der Waals surface area contributed by atoms with Crippen molar-refractivity contribution in [2.75, 3.05) is 0 Å². The van der Waals surface area contributed by atoms with Gasteiger partial charge < -0.3 is 15.3 Å². The number of halogens is 2. The summed E-state index contributed by atoms with van der Waals surface area (Å²) in [5.74, 6) is -1.11. The van der Waals surface area contributed by atoms with E-state index in [1.165, 1.54) is 18.2 Å². The Bertz CT molecular complexity index is 688. The number of aromatic nitrogens is 2. The van der Waals surface area contributed by atoms with Crippen LogP contribution in [0.3, 0.4) is 0 Å². The molecule has 0 unspecified atom stereocenters. The van der Waals surface area contributed by atoms with E-state index in [1.54, 1.807) is 0 Å². The van der Waals surface area contributed by atoms with Gasteiger partial charge in [0.15, 0.2) is 5.16 Å². The monoisotopic (exact) mass is 344 g/mol. The SMILES string of the molecule is O=[N+]([O-])c1nonc1/C(Cc1ccc(F)c(Br)c1)=N/O. The zero-order valence-corrected chi connectivity index (χ0v) is 11.2. The molecule has 2 aromatic rings. The quantitative estimate of drug-likeness (QED) is 0.394. The molecule has 0 aliphatic carbocycles. The van der Waals surface area contributed by atoms with Gasteiger partial charge >= 0.3 is 5.82 Å². The molecule has 0 radical (unpaired) electrons. The van der Waals surface area contributed by atoms with Gasteiger partial charge in [-0.25, -0.2) is 4.39 Å². The maximum absolute atomic E-state index is 13.1. The van der Waals surface area contributed by atoms with Crippen LogP contribution in [0.4, 0.5) is 10.2 Å². The summed E-state index contributed by atoms with van der Waals surface area (Å²) in [7, 11) is 0. The minimum atomic E-state index is -0.808. The molecule has 0 fully saturated rings. The van der Waals surface area contributed by atoms with Gasteiger partial charge in [-0.3, -0.25) is 0 Å².